The molecule has 0 aliphatic carbocycles. The molecule has 3 N–H and O–H groups in total. The van der Waals surface area contributed by atoms with Crippen LogP contribution in [0.5, 0.6) is 0 Å². The van der Waals surface area contributed by atoms with Crippen molar-refractivity contribution in [3.05, 3.63) is 65.7 Å². The van der Waals surface area contributed by atoms with Crippen LogP contribution < -0.4 is 5.73 Å². The van der Waals surface area contributed by atoms with Gasteiger partial charge in [-0.25, -0.2) is 0 Å². The minimum Gasteiger partial charge on any atom is -0.481 e. The summed E-state index contributed by atoms with van der Waals surface area (Å²) in [4.78, 5) is 26.0. The first-order valence-corrected chi connectivity index (χ1v) is 7.52. The predicted octanol–water partition coefficient (Wildman–Crippen LogP) is 2.56. The second-order valence-electron chi connectivity index (χ2n) is 5.71. The van der Waals surface area contributed by atoms with Crippen LogP contribution in [0.4, 0.5) is 5.69 Å². The summed E-state index contributed by atoms with van der Waals surface area (Å²) in [5, 5.41) is 9.51. The van der Waals surface area contributed by atoms with Crippen molar-refractivity contribution in [2.75, 3.05) is 12.3 Å². The molecule has 1 heterocycles. The second-order valence-corrected chi connectivity index (χ2v) is 5.71. The van der Waals surface area contributed by atoms with E-state index in [9.17, 15) is 14.7 Å². The standard InChI is InChI=1S/C18H18N2O3/c19-14-8-6-12(7-9-14)16-15(18(22)23)10-11-20(16)17(21)13-4-2-1-3-5-13/h1-9,15-16H,10-11,19H2,(H,22,23). The van der Waals surface area contributed by atoms with Gasteiger partial charge in [0.15, 0.2) is 0 Å². The van der Waals surface area contributed by atoms with Crippen LogP contribution in [0.2, 0.25) is 0 Å². The summed E-state index contributed by atoms with van der Waals surface area (Å²) >= 11 is 0. The van der Waals surface area contributed by atoms with Crippen molar-refractivity contribution in [1.29, 1.82) is 0 Å². The van der Waals surface area contributed by atoms with Crippen molar-refractivity contribution >= 4 is 17.6 Å². The van der Waals surface area contributed by atoms with Crippen LogP contribution in [0.3, 0.4) is 0 Å². The topological polar surface area (TPSA) is 83.6 Å². The van der Waals surface area contributed by atoms with Crippen LogP contribution in [0.1, 0.15) is 28.4 Å². The number of carboxylic acids is 1. The normalized spacial score (nSPS) is 20.4. The summed E-state index contributed by atoms with van der Waals surface area (Å²) in [6, 6.07) is 15.5. The predicted molar refractivity (Wildman–Crippen MR) is 86.8 cm³/mol. The Hall–Kier alpha value is -2.82. The Balaban J connectivity index is 1.97. The van der Waals surface area contributed by atoms with E-state index in [4.69, 9.17) is 5.73 Å². The monoisotopic (exact) mass is 310 g/mol. The minimum atomic E-state index is -0.879. The van der Waals surface area contributed by atoms with E-state index in [0.29, 0.717) is 24.2 Å². The molecule has 118 valence electrons. The van der Waals surface area contributed by atoms with Gasteiger partial charge in [-0.05, 0) is 36.2 Å². The Kier molecular flexibility index (Phi) is 4.02. The van der Waals surface area contributed by atoms with Crippen molar-refractivity contribution in [2.45, 2.75) is 12.5 Å². The molecule has 0 bridgehead atoms. The summed E-state index contributed by atoms with van der Waals surface area (Å²) < 4.78 is 0. The molecule has 1 amide bonds. The first kappa shape index (κ1) is 15.1. The summed E-state index contributed by atoms with van der Waals surface area (Å²) in [5.74, 6) is -1.63. The number of nitrogens with two attached hydrogens (primary N) is 1. The zero-order valence-electron chi connectivity index (χ0n) is 12.6. The first-order valence-electron chi connectivity index (χ1n) is 7.52. The van der Waals surface area contributed by atoms with E-state index >= 15 is 0 Å². The lowest BCUT2D eigenvalue weighted by Crippen LogP contribution is -2.33. The quantitative estimate of drug-likeness (QED) is 0.853. The largest absolute Gasteiger partial charge is 0.481 e. The van der Waals surface area contributed by atoms with Gasteiger partial charge in [0, 0.05) is 17.8 Å². The average Bonchev–Trinajstić information content (AvgIpc) is 3.01. The van der Waals surface area contributed by atoms with E-state index < -0.39 is 17.9 Å². The second kappa shape index (κ2) is 6.12. The summed E-state index contributed by atoms with van der Waals surface area (Å²) in [6.07, 6.45) is 0.447. The summed E-state index contributed by atoms with van der Waals surface area (Å²) in [5.41, 5.74) is 7.69. The number of aliphatic carboxylic acids is 1. The van der Waals surface area contributed by atoms with E-state index in [1.54, 1.807) is 53.4 Å². The van der Waals surface area contributed by atoms with E-state index in [0.717, 1.165) is 5.56 Å². The highest BCUT2D eigenvalue weighted by Gasteiger charge is 2.42. The molecule has 0 spiro atoms. The molecular formula is C18H18N2O3. The molecule has 1 saturated heterocycles. The molecule has 1 aliphatic heterocycles. The van der Waals surface area contributed by atoms with Gasteiger partial charge in [-0.1, -0.05) is 30.3 Å². The number of carbonyl (C=O) groups excluding carboxylic acids is 1. The number of likely N-dealkylation sites (tertiary alicyclic amines) is 1. The van der Waals surface area contributed by atoms with Gasteiger partial charge >= 0.3 is 5.97 Å². The third-order valence-electron chi connectivity index (χ3n) is 4.27. The number of anilines is 1. The minimum absolute atomic E-state index is 0.142. The fraction of sp³-hybridized carbons (Fsp3) is 0.222. The third-order valence-corrected chi connectivity index (χ3v) is 4.27. The molecule has 5 heteroatoms. The van der Waals surface area contributed by atoms with Crippen molar-refractivity contribution in [3.8, 4) is 0 Å². The number of carbonyl (C=O) groups is 2. The first-order chi connectivity index (χ1) is 11.1. The van der Waals surface area contributed by atoms with Gasteiger partial charge in [-0.3, -0.25) is 9.59 Å². The number of hydrogen-bond donors (Lipinski definition) is 2. The lowest BCUT2D eigenvalue weighted by molar-refractivity contribution is -0.142. The van der Waals surface area contributed by atoms with Gasteiger partial charge in [-0.15, -0.1) is 0 Å². The lowest BCUT2D eigenvalue weighted by atomic mass is 9.93. The molecule has 1 fully saturated rings. The summed E-state index contributed by atoms with van der Waals surface area (Å²) in [7, 11) is 0. The molecule has 0 saturated carbocycles. The fourth-order valence-corrected chi connectivity index (χ4v) is 3.13. The molecule has 2 atom stereocenters. The SMILES string of the molecule is Nc1ccc(C2C(C(=O)O)CCN2C(=O)c2ccccc2)cc1. The van der Waals surface area contributed by atoms with Gasteiger partial charge in [0.25, 0.3) is 5.91 Å². The Labute approximate surface area is 134 Å². The molecule has 23 heavy (non-hydrogen) atoms. The number of hydrogen-bond acceptors (Lipinski definition) is 3. The van der Waals surface area contributed by atoms with E-state index in [1.165, 1.54) is 0 Å². The number of carboxylic acid groups (broad SMARTS) is 1. The van der Waals surface area contributed by atoms with Crippen LogP contribution in [0.25, 0.3) is 0 Å². The maximum Gasteiger partial charge on any atom is 0.309 e. The number of rotatable bonds is 3. The molecule has 2 aromatic rings. The van der Waals surface area contributed by atoms with Crippen molar-refractivity contribution in [1.82, 2.24) is 4.90 Å². The average molecular weight is 310 g/mol. The summed E-state index contributed by atoms with van der Waals surface area (Å²) in [6.45, 7) is 0.430. The molecule has 0 aromatic heterocycles. The van der Waals surface area contributed by atoms with Crippen LogP contribution in [-0.2, 0) is 4.79 Å². The van der Waals surface area contributed by atoms with Gasteiger partial charge < -0.3 is 15.7 Å². The molecule has 0 radical (unpaired) electrons. The highest BCUT2D eigenvalue weighted by molar-refractivity contribution is 5.95. The molecule has 2 unspecified atom stereocenters. The molecule has 3 rings (SSSR count). The highest BCUT2D eigenvalue weighted by Crippen LogP contribution is 2.38. The number of benzene rings is 2. The smallest absolute Gasteiger partial charge is 0.309 e. The third kappa shape index (κ3) is 2.90. The van der Waals surface area contributed by atoms with Crippen LogP contribution in [0.15, 0.2) is 54.6 Å². The van der Waals surface area contributed by atoms with Crippen LogP contribution >= 0.6 is 0 Å². The maximum absolute atomic E-state index is 12.8. The van der Waals surface area contributed by atoms with Crippen LogP contribution in [-0.4, -0.2) is 28.4 Å². The maximum atomic E-state index is 12.8. The highest BCUT2D eigenvalue weighted by atomic mass is 16.4. The van der Waals surface area contributed by atoms with Gasteiger partial charge in [-0.2, -0.15) is 0 Å². The van der Waals surface area contributed by atoms with Gasteiger partial charge in [0.2, 0.25) is 0 Å². The number of nitrogens with zero attached hydrogens (tertiary/aromatic N) is 1. The van der Waals surface area contributed by atoms with E-state index in [2.05, 4.69) is 0 Å². The molecule has 1 aliphatic rings. The molecular weight excluding hydrogens is 292 g/mol. The molecule has 2 aromatic carbocycles. The number of amides is 1. The van der Waals surface area contributed by atoms with Crippen molar-refractivity contribution in [3.63, 3.8) is 0 Å². The Bertz CT molecular complexity index is 713. The van der Waals surface area contributed by atoms with Crippen LogP contribution in [0, 0.1) is 5.92 Å². The zero-order valence-corrected chi connectivity index (χ0v) is 12.6. The van der Waals surface area contributed by atoms with Gasteiger partial charge in [0.05, 0.1) is 12.0 Å². The van der Waals surface area contributed by atoms with Crippen molar-refractivity contribution in [2.24, 2.45) is 5.92 Å². The Morgan fingerprint density at radius 3 is 2.30 bits per heavy atom. The Morgan fingerprint density at radius 2 is 1.70 bits per heavy atom. The Morgan fingerprint density at radius 1 is 1.04 bits per heavy atom. The lowest BCUT2D eigenvalue weighted by Gasteiger charge is -2.27. The van der Waals surface area contributed by atoms with Crippen molar-refractivity contribution < 1.29 is 14.7 Å². The number of nitrogen functional groups attached to an aromatic ring is 1. The van der Waals surface area contributed by atoms with Gasteiger partial charge in [0.1, 0.15) is 0 Å². The van der Waals surface area contributed by atoms with E-state index in [-0.39, 0.29) is 5.91 Å². The van der Waals surface area contributed by atoms with E-state index in [1.807, 2.05) is 6.07 Å². The fourth-order valence-electron chi connectivity index (χ4n) is 3.13. The zero-order chi connectivity index (χ0) is 16.4. The molecule has 5 nitrogen and oxygen atoms in total.